The Morgan fingerprint density at radius 2 is 1.74 bits per heavy atom. The van der Waals surface area contributed by atoms with Gasteiger partial charge < -0.3 is 14.2 Å². The number of benzene rings is 2. The van der Waals surface area contributed by atoms with Crippen LogP contribution in [0, 0.1) is 0 Å². The predicted molar refractivity (Wildman–Crippen MR) is 120 cm³/mol. The van der Waals surface area contributed by atoms with E-state index in [0.717, 1.165) is 12.1 Å². The zero-order valence-corrected chi connectivity index (χ0v) is 18.5. The van der Waals surface area contributed by atoms with Crippen LogP contribution in [0.15, 0.2) is 59.0 Å². The van der Waals surface area contributed by atoms with Crippen LogP contribution in [0.5, 0.6) is 0 Å². The molecule has 0 fully saturated rings. The molecular weight excluding hydrogens is 414 g/mol. The fourth-order valence-corrected chi connectivity index (χ4v) is 3.50. The van der Waals surface area contributed by atoms with E-state index in [1.807, 2.05) is 67.5 Å². The highest BCUT2D eigenvalue weighted by atomic mass is 35.5. The molecule has 0 N–H and O–H groups in total. The molecule has 0 atom stereocenters. The van der Waals surface area contributed by atoms with E-state index < -0.39 is 0 Å². The smallest absolute Gasteiger partial charge is 0.325 e. The SMILES string of the molecule is CN(C)CCN(C)C(=O)c1oc2nc(-c3ccccc3Cl)nn2c1Cc1ccccc1. The average molecular weight is 438 g/mol. The summed E-state index contributed by atoms with van der Waals surface area (Å²) < 4.78 is 7.55. The quantitative estimate of drug-likeness (QED) is 0.439. The fourth-order valence-electron chi connectivity index (χ4n) is 3.28. The van der Waals surface area contributed by atoms with Crippen LogP contribution in [-0.2, 0) is 6.42 Å². The van der Waals surface area contributed by atoms with Crippen LogP contribution < -0.4 is 0 Å². The van der Waals surface area contributed by atoms with Gasteiger partial charge in [-0.1, -0.05) is 54.1 Å². The summed E-state index contributed by atoms with van der Waals surface area (Å²) in [5, 5.41) is 5.18. The number of nitrogens with zero attached hydrogens (tertiary/aromatic N) is 5. The maximum absolute atomic E-state index is 13.2. The van der Waals surface area contributed by atoms with Crippen molar-refractivity contribution in [3.8, 4) is 11.4 Å². The summed E-state index contributed by atoms with van der Waals surface area (Å²) in [5.41, 5.74) is 2.42. The Morgan fingerprint density at radius 1 is 1.03 bits per heavy atom. The molecular formula is C23H24ClN5O2. The van der Waals surface area contributed by atoms with Gasteiger partial charge >= 0.3 is 5.84 Å². The van der Waals surface area contributed by atoms with Crippen molar-refractivity contribution in [2.24, 2.45) is 0 Å². The zero-order valence-electron chi connectivity index (χ0n) is 17.7. The number of carbonyl (C=O) groups is 1. The molecule has 0 saturated carbocycles. The Labute approximate surface area is 185 Å². The number of carbonyl (C=O) groups excluding carboxylic acids is 1. The van der Waals surface area contributed by atoms with Gasteiger partial charge in [-0.15, -0.1) is 5.10 Å². The summed E-state index contributed by atoms with van der Waals surface area (Å²) in [4.78, 5) is 21.4. The van der Waals surface area contributed by atoms with E-state index in [-0.39, 0.29) is 17.5 Å². The van der Waals surface area contributed by atoms with Crippen LogP contribution in [0.4, 0.5) is 0 Å². The van der Waals surface area contributed by atoms with Crippen molar-refractivity contribution >= 4 is 23.4 Å². The number of amides is 1. The third-order valence-corrected chi connectivity index (χ3v) is 5.37. The first-order chi connectivity index (χ1) is 14.9. The first kappa shape index (κ1) is 21.1. The Balaban J connectivity index is 1.76. The van der Waals surface area contributed by atoms with Gasteiger partial charge in [0.1, 0.15) is 5.69 Å². The molecule has 2 aromatic carbocycles. The summed E-state index contributed by atoms with van der Waals surface area (Å²) >= 11 is 6.32. The largest absolute Gasteiger partial charge is 0.416 e. The van der Waals surface area contributed by atoms with Crippen molar-refractivity contribution in [3.05, 3.63) is 76.6 Å². The predicted octanol–water partition coefficient (Wildman–Crippen LogP) is 3.87. The first-order valence-corrected chi connectivity index (χ1v) is 10.4. The summed E-state index contributed by atoms with van der Waals surface area (Å²) in [5.74, 6) is 0.786. The Hall–Kier alpha value is -3.16. The molecule has 2 aromatic heterocycles. The van der Waals surface area contributed by atoms with Crippen molar-refractivity contribution in [2.45, 2.75) is 6.42 Å². The fraction of sp³-hybridized carbons (Fsp3) is 0.261. The minimum absolute atomic E-state index is 0.195. The van der Waals surface area contributed by atoms with E-state index in [0.29, 0.717) is 35.1 Å². The lowest BCUT2D eigenvalue weighted by atomic mass is 10.1. The summed E-state index contributed by atoms with van der Waals surface area (Å²) in [7, 11) is 5.71. The molecule has 4 rings (SSSR count). The summed E-state index contributed by atoms with van der Waals surface area (Å²) in [6, 6.07) is 17.3. The topological polar surface area (TPSA) is 66.9 Å². The highest BCUT2D eigenvalue weighted by Crippen LogP contribution is 2.28. The zero-order chi connectivity index (χ0) is 22.0. The Bertz CT molecular complexity index is 1200. The van der Waals surface area contributed by atoms with Gasteiger partial charge in [0, 0.05) is 32.1 Å². The van der Waals surface area contributed by atoms with Crippen molar-refractivity contribution in [1.82, 2.24) is 24.4 Å². The lowest BCUT2D eigenvalue weighted by Gasteiger charge is -2.18. The maximum Gasteiger partial charge on any atom is 0.325 e. The minimum atomic E-state index is -0.195. The number of likely N-dealkylation sites (N-methyl/N-ethyl adjacent to an activating group) is 2. The van der Waals surface area contributed by atoms with E-state index >= 15 is 0 Å². The lowest BCUT2D eigenvalue weighted by molar-refractivity contribution is 0.0755. The molecule has 0 spiro atoms. The second-order valence-electron chi connectivity index (χ2n) is 7.68. The number of fused-ring (bicyclic) bond motifs is 1. The van der Waals surface area contributed by atoms with Crippen molar-refractivity contribution in [3.63, 3.8) is 0 Å². The van der Waals surface area contributed by atoms with E-state index in [1.165, 1.54) is 0 Å². The van der Waals surface area contributed by atoms with Gasteiger partial charge in [-0.25, -0.2) is 0 Å². The van der Waals surface area contributed by atoms with E-state index in [9.17, 15) is 4.79 Å². The van der Waals surface area contributed by atoms with Crippen LogP contribution in [0.1, 0.15) is 21.8 Å². The molecule has 0 unspecified atom stereocenters. The summed E-state index contributed by atoms with van der Waals surface area (Å²) in [6.45, 7) is 1.33. The minimum Gasteiger partial charge on any atom is -0.416 e. The average Bonchev–Trinajstić information content (AvgIpc) is 3.31. The van der Waals surface area contributed by atoms with Gasteiger partial charge in [0.25, 0.3) is 5.91 Å². The number of oxazole rings is 1. The van der Waals surface area contributed by atoms with Crippen LogP contribution >= 0.6 is 11.6 Å². The highest BCUT2D eigenvalue weighted by Gasteiger charge is 2.26. The number of aromatic nitrogens is 3. The second kappa shape index (κ2) is 8.91. The van der Waals surface area contributed by atoms with Crippen molar-refractivity contribution in [2.75, 3.05) is 34.2 Å². The molecule has 0 aliphatic heterocycles. The number of rotatable bonds is 7. The molecule has 0 saturated heterocycles. The molecule has 0 bridgehead atoms. The van der Waals surface area contributed by atoms with E-state index in [2.05, 4.69) is 10.1 Å². The third-order valence-electron chi connectivity index (χ3n) is 5.04. The molecule has 1 amide bonds. The molecule has 160 valence electrons. The molecule has 0 aliphatic carbocycles. The molecule has 8 heteroatoms. The lowest BCUT2D eigenvalue weighted by Crippen LogP contribution is -2.33. The van der Waals surface area contributed by atoms with Crippen LogP contribution in [-0.4, -0.2) is 64.5 Å². The van der Waals surface area contributed by atoms with Crippen LogP contribution in [0.3, 0.4) is 0 Å². The highest BCUT2D eigenvalue weighted by molar-refractivity contribution is 6.33. The van der Waals surface area contributed by atoms with Gasteiger partial charge in [0.15, 0.2) is 5.82 Å². The number of hydrogen-bond donors (Lipinski definition) is 0. The van der Waals surface area contributed by atoms with Crippen molar-refractivity contribution in [1.29, 1.82) is 0 Å². The number of halogens is 1. The van der Waals surface area contributed by atoms with Crippen LogP contribution in [0.25, 0.3) is 17.2 Å². The van der Waals surface area contributed by atoms with E-state index in [1.54, 1.807) is 22.5 Å². The monoisotopic (exact) mass is 437 g/mol. The molecule has 2 heterocycles. The van der Waals surface area contributed by atoms with Crippen LogP contribution in [0.2, 0.25) is 5.02 Å². The van der Waals surface area contributed by atoms with Gasteiger partial charge in [0.2, 0.25) is 5.76 Å². The van der Waals surface area contributed by atoms with Crippen molar-refractivity contribution < 1.29 is 9.21 Å². The summed E-state index contributed by atoms with van der Waals surface area (Å²) in [6.07, 6.45) is 0.488. The number of hydrogen-bond acceptors (Lipinski definition) is 5. The molecule has 31 heavy (non-hydrogen) atoms. The van der Waals surface area contributed by atoms with Gasteiger partial charge in [-0.2, -0.15) is 9.50 Å². The van der Waals surface area contributed by atoms with E-state index in [4.69, 9.17) is 16.0 Å². The molecule has 0 radical (unpaired) electrons. The van der Waals surface area contributed by atoms with Gasteiger partial charge in [-0.3, -0.25) is 4.79 Å². The standard InChI is InChI=1S/C23H24ClN5O2/c1-27(2)13-14-28(3)22(30)20-19(15-16-9-5-4-6-10-16)29-23(31-20)25-21(26-29)17-11-7-8-12-18(17)24/h4-12H,13-15H2,1-3H3. The second-order valence-corrected chi connectivity index (χ2v) is 8.09. The maximum atomic E-state index is 13.2. The molecule has 7 nitrogen and oxygen atoms in total. The third kappa shape index (κ3) is 4.47. The Kier molecular flexibility index (Phi) is 6.06. The van der Waals surface area contributed by atoms with Gasteiger partial charge in [-0.05, 0) is 31.8 Å². The van der Waals surface area contributed by atoms with Gasteiger partial charge in [0.05, 0.1) is 5.02 Å². The normalized spacial score (nSPS) is 11.4. The molecule has 0 aliphatic rings. The molecule has 4 aromatic rings. The first-order valence-electron chi connectivity index (χ1n) is 10.0. The Morgan fingerprint density at radius 3 is 2.45 bits per heavy atom.